The van der Waals surface area contributed by atoms with Gasteiger partial charge < -0.3 is 84.3 Å². The van der Waals surface area contributed by atoms with E-state index in [4.69, 9.17) is 32.8 Å². The molecule has 6 aromatic rings. The molecule has 5 aromatic carbocycles. The van der Waals surface area contributed by atoms with Crippen molar-refractivity contribution >= 4 is 80.6 Å². The monoisotopic (exact) mass is 1500 g/mol. The van der Waals surface area contributed by atoms with Gasteiger partial charge in [-0.15, -0.1) is 15.3 Å². The zero-order valence-electron chi connectivity index (χ0n) is 62.5. The molecule has 8 N–H and O–H groups in total. The number of methoxy groups -OCH3 is 2. The molecule has 0 unspecified atom stereocenters. The molecular formula is C76H94N15O18+. The number of carboxylic acids is 1. The topological polar surface area (TPSA) is 416 Å². The summed E-state index contributed by atoms with van der Waals surface area (Å²) in [6.07, 6.45) is -3.54. The highest BCUT2D eigenvalue weighted by Gasteiger charge is 2.44. The second kappa shape index (κ2) is 38.4. The van der Waals surface area contributed by atoms with Crippen LogP contribution < -0.4 is 50.5 Å². The number of benzene rings is 6. The first-order valence-electron chi connectivity index (χ1n) is 35.5. The maximum absolute atomic E-state index is 14.2. The van der Waals surface area contributed by atoms with Crippen LogP contribution in [0.2, 0.25) is 0 Å². The molecule has 109 heavy (non-hydrogen) atoms. The van der Waals surface area contributed by atoms with Gasteiger partial charge in [0.1, 0.15) is 90.1 Å². The highest BCUT2D eigenvalue weighted by molar-refractivity contribution is 6.09. The number of aromatic carboxylic acids is 1. The number of carbonyl (C=O) groups excluding carboxylic acids is 4. The summed E-state index contributed by atoms with van der Waals surface area (Å²) in [5.74, 6) is -1.38. The van der Waals surface area contributed by atoms with Gasteiger partial charge in [-0.05, 0) is 132 Å². The summed E-state index contributed by atoms with van der Waals surface area (Å²) in [4.78, 5) is 81.0. The van der Waals surface area contributed by atoms with Crippen LogP contribution in [0.5, 0.6) is 11.5 Å². The fourth-order valence-corrected chi connectivity index (χ4v) is 11.7. The molecule has 4 amide bonds. The number of nitro benzene ring substituents is 1. The molecule has 0 bridgehead atoms. The molecule has 1 fully saturated rings. The number of unbranched alkanes of at least 4 members (excludes halogenated alkanes) is 1. The van der Waals surface area contributed by atoms with Gasteiger partial charge in [0, 0.05) is 130 Å². The number of carboxylic acid groups (broad SMARTS) is 1. The van der Waals surface area contributed by atoms with E-state index in [-0.39, 0.29) is 75.0 Å². The highest BCUT2D eigenvalue weighted by atomic mass is 16.7. The number of aliphatic hydroxyl groups is 3. The number of carbonyl (C=O) groups is 5. The second-order valence-electron chi connectivity index (χ2n) is 27.3. The van der Waals surface area contributed by atoms with Crippen LogP contribution in [0.15, 0.2) is 146 Å². The van der Waals surface area contributed by atoms with Crippen molar-refractivity contribution in [2.24, 2.45) is 20.5 Å². The average molecular weight is 1510 g/mol. The van der Waals surface area contributed by atoms with Crippen LogP contribution >= 0.6 is 0 Å². The number of aromatic nitrogens is 3. The number of ether oxygens (including phenoxy) is 6. The van der Waals surface area contributed by atoms with E-state index in [1.165, 1.54) is 50.6 Å². The van der Waals surface area contributed by atoms with Gasteiger partial charge in [0.05, 0.1) is 68.2 Å². The first-order valence-corrected chi connectivity index (χ1v) is 35.5. The highest BCUT2D eigenvalue weighted by Crippen LogP contribution is 2.44. The molecule has 0 spiro atoms. The molecule has 9 rings (SSSR count). The Hall–Kier alpha value is -11.4. The van der Waals surface area contributed by atoms with Crippen molar-refractivity contribution in [3.05, 3.63) is 154 Å². The van der Waals surface area contributed by atoms with E-state index in [0.717, 1.165) is 16.7 Å². The Balaban J connectivity index is 0.699. The fourth-order valence-electron chi connectivity index (χ4n) is 11.7. The first kappa shape index (κ1) is 81.7. The van der Waals surface area contributed by atoms with Crippen LogP contribution in [0.1, 0.15) is 92.1 Å². The van der Waals surface area contributed by atoms with E-state index in [1.54, 1.807) is 62.0 Å². The summed E-state index contributed by atoms with van der Waals surface area (Å²) in [5.41, 5.74) is 5.11. The van der Waals surface area contributed by atoms with Gasteiger partial charge in [-0.1, -0.05) is 11.3 Å². The van der Waals surface area contributed by atoms with Crippen LogP contribution in [0, 0.1) is 10.1 Å². The van der Waals surface area contributed by atoms with Gasteiger partial charge in [0.2, 0.25) is 17.2 Å². The van der Waals surface area contributed by atoms with E-state index < -0.39 is 71.1 Å². The SMILES string of the molecule is COc1cc(N=Nc2ccc([N+](=O)[O-])cc2)c(OC)cc1N=Nc1ccc(N(C)CCCC(=O)NCCCO[C@@H]2O[C@H](COCc3cn(CCCNC(=O)[C@@H](CCCCNC(=O)OC(C)(C)C)NC(=O)c4ccc(-c5c6ccc(=[N+](C)C)cc-6oc6cc(N(C)C)ccc56)c(C(=O)O)c4)nn3)[C@@H](O)[C@H](O)[C@H]2O)cc1. The minimum absolute atomic E-state index is 0.0124. The lowest BCUT2D eigenvalue weighted by Gasteiger charge is -2.40. The summed E-state index contributed by atoms with van der Waals surface area (Å²) in [5, 5.41) is 92.4. The molecule has 1 aliphatic carbocycles. The maximum Gasteiger partial charge on any atom is 0.407 e. The lowest BCUT2D eigenvalue weighted by atomic mass is 9.89. The van der Waals surface area contributed by atoms with Crippen LogP contribution in [0.4, 0.5) is 44.6 Å². The van der Waals surface area contributed by atoms with Gasteiger partial charge >= 0.3 is 12.1 Å². The Labute approximate surface area is 629 Å². The number of azo groups is 2. The van der Waals surface area contributed by atoms with Gasteiger partial charge in [-0.25, -0.2) is 14.2 Å². The third-order valence-electron chi connectivity index (χ3n) is 17.6. The lowest BCUT2D eigenvalue weighted by molar-refractivity contribution is -0.384. The molecule has 0 radical (unpaired) electrons. The second-order valence-corrected chi connectivity index (χ2v) is 27.3. The number of rotatable bonds is 36. The van der Waals surface area contributed by atoms with Gasteiger partial charge in [-0.2, -0.15) is 10.2 Å². The normalized spacial score (nSPS) is 16.1. The van der Waals surface area contributed by atoms with Gasteiger partial charge in [0.25, 0.3) is 11.6 Å². The fraction of sp³-hybridized carbons (Fsp3) is 0.421. The van der Waals surface area contributed by atoms with Gasteiger partial charge in [-0.3, -0.25) is 29.2 Å². The zero-order chi connectivity index (χ0) is 78.5. The molecule has 33 nitrogen and oxygen atoms in total. The first-order chi connectivity index (χ1) is 52.2. The lowest BCUT2D eigenvalue weighted by Crippen LogP contribution is -2.59. The molecular weight excluding hydrogens is 1410 g/mol. The number of alkyl carbamates (subject to hydrolysis) is 1. The smallest absolute Gasteiger partial charge is 0.407 e. The standard InChI is InChI=1S/C76H93N15O18/c1-76(2,3)109-75(100)79-32-12-11-16-58(80-71(96)46-18-29-54(57(38-46)73(98)99)67-55-30-27-52(87(4)5)39-61(55)107-62-40-53(88(6)7)28-31-56(62)67)72(97)78-33-14-36-90-43-49(83-86-90)44-105-45-65-68(93)69(94)70(95)74(108-65)106-37-15-34-77-66(92)17-13-35-89(8)50-23-19-47(20-24-50)81-84-59-41-64(104-10)60(42-63(59)103-9)85-82-48-21-25-51(26-22-48)91(101)102/h18-31,38-43,58,65,68-70,74,93-95H,11-17,32-37,44-45H2,1-10H3,(H4-,77,78,79,80,92,96,97,98,99,100)/p+1/t58-,65-,68-,69+,70-,74-/m1/s1. The average Bonchev–Trinajstić information content (AvgIpc) is 0.790. The number of aliphatic hydroxyl groups excluding tert-OH is 3. The van der Waals surface area contributed by atoms with Crippen molar-refractivity contribution in [2.45, 2.75) is 121 Å². The quantitative estimate of drug-likeness (QED) is 0.00453. The number of nitro groups is 1. The number of hydrogen-bond donors (Lipinski definition) is 8. The van der Waals surface area contributed by atoms with E-state index in [1.807, 2.05) is 98.1 Å². The molecule has 1 aromatic heterocycles. The van der Waals surface area contributed by atoms with Crippen LogP contribution in [-0.2, 0) is 41.7 Å². The third-order valence-corrected chi connectivity index (χ3v) is 17.6. The number of aryl methyl sites for hydroxylation is 1. The Morgan fingerprint density at radius 2 is 1.39 bits per heavy atom. The minimum atomic E-state index is -1.62. The largest absolute Gasteiger partial charge is 0.494 e. The summed E-state index contributed by atoms with van der Waals surface area (Å²) >= 11 is 0. The number of fused-ring (bicyclic) bond motifs is 2. The van der Waals surface area contributed by atoms with Crippen molar-refractivity contribution in [3.63, 3.8) is 0 Å². The Morgan fingerprint density at radius 1 is 0.734 bits per heavy atom. The van der Waals surface area contributed by atoms with E-state index >= 15 is 0 Å². The molecule has 0 saturated carbocycles. The Kier molecular flexibility index (Phi) is 28.8. The van der Waals surface area contributed by atoms with Crippen LogP contribution in [-0.4, -0.2) is 201 Å². The number of amides is 4. The summed E-state index contributed by atoms with van der Waals surface area (Å²) in [7, 11) is 12.5. The van der Waals surface area contributed by atoms with Crippen molar-refractivity contribution < 1.29 is 82.2 Å². The summed E-state index contributed by atoms with van der Waals surface area (Å²) < 4.78 is 43.8. The van der Waals surface area contributed by atoms with E-state index in [2.05, 4.69) is 52.0 Å². The number of hydrogen-bond acceptors (Lipinski definition) is 25. The predicted octanol–water partition coefficient (Wildman–Crippen LogP) is 9.11. The van der Waals surface area contributed by atoms with Crippen molar-refractivity contribution in [1.82, 2.24) is 40.8 Å². The molecule has 3 heterocycles. The Morgan fingerprint density at radius 3 is 2.05 bits per heavy atom. The summed E-state index contributed by atoms with van der Waals surface area (Å²) in [6.45, 7) is 6.56. The molecule has 3 aliphatic rings. The van der Waals surface area contributed by atoms with E-state index in [0.29, 0.717) is 119 Å². The number of anilines is 2. The van der Waals surface area contributed by atoms with Gasteiger partial charge in [0.15, 0.2) is 6.29 Å². The molecule has 33 heteroatoms. The third kappa shape index (κ3) is 22.8. The van der Waals surface area contributed by atoms with Crippen LogP contribution in [0.25, 0.3) is 33.4 Å². The minimum Gasteiger partial charge on any atom is -0.494 e. The number of nitrogens with zero attached hydrogens (tertiary/aromatic N) is 11. The summed E-state index contributed by atoms with van der Waals surface area (Å²) in [6, 6.07) is 30.9. The van der Waals surface area contributed by atoms with Crippen molar-refractivity contribution in [3.8, 4) is 33.9 Å². The van der Waals surface area contributed by atoms with Crippen molar-refractivity contribution in [1.29, 1.82) is 0 Å². The van der Waals surface area contributed by atoms with Crippen molar-refractivity contribution in [2.75, 3.05) is 98.7 Å². The Bertz CT molecular complexity index is 4580. The maximum atomic E-state index is 14.2. The van der Waals surface area contributed by atoms with E-state index in [9.17, 15) is 54.5 Å². The van der Waals surface area contributed by atoms with Crippen LogP contribution in [0.3, 0.4) is 0 Å². The molecule has 6 atom stereocenters. The molecule has 580 valence electrons. The number of non-ortho nitro benzene ring substituents is 1. The molecule has 2 aliphatic heterocycles. The predicted molar refractivity (Wildman–Crippen MR) is 404 cm³/mol. The molecule has 1 saturated heterocycles. The zero-order valence-corrected chi connectivity index (χ0v) is 62.5. The number of nitrogens with one attached hydrogen (secondary N) is 4.